The Labute approximate surface area is 121 Å². The number of benzene rings is 1. The Morgan fingerprint density at radius 3 is 2.53 bits per heavy atom. The van der Waals surface area contributed by atoms with E-state index in [1.807, 2.05) is 30.3 Å². The Balaban J connectivity index is 1.98. The fourth-order valence-corrected chi connectivity index (χ4v) is 1.71. The molecule has 0 aromatic heterocycles. The van der Waals surface area contributed by atoms with Crippen molar-refractivity contribution >= 4 is 17.3 Å². The number of hydrogen-bond donors (Lipinski definition) is 2. The van der Waals surface area contributed by atoms with E-state index in [2.05, 4.69) is 29.6 Å². The van der Waals surface area contributed by atoms with Crippen molar-refractivity contribution in [3.63, 3.8) is 0 Å². The minimum Gasteiger partial charge on any atom is -0.492 e. The van der Waals surface area contributed by atoms with Crippen molar-refractivity contribution in [1.82, 2.24) is 15.5 Å². The van der Waals surface area contributed by atoms with E-state index >= 15 is 0 Å². The van der Waals surface area contributed by atoms with Crippen molar-refractivity contribution in [2.45, 2.75) is 6.42 Å². The molecule has 0 atom stereocenters. The molecular formula is C14H23N3OS. The lowest BCUT2D eigenvalue weighted by Gasteiger charge is -2.13. The number of nitrogens with zero attached hydrogens (tertiary/aromatic N) is 1. The van der Waals surface area contributed by atoms with Gasteiger partial charge in [0.1, 0.15) is 12.4 Å². The third-order valence-corrected chi connectivity index (χ3v) is 2.76. The second-order valence-corrected chi connectivity index (χ2v) is 4.91. The van der Waals surface area contributed by atoms with Gasteiger partial charge in [0.05, 0.1) is 6.54 Å². The van der Waals surface area contributed by atoms with Gasteiger partial charge in [0.2, 0.25) is 0 Å². The van der Waals surface area contributed by atoms with Crippen LogP contribution in [0, 0.1) is 0 Å². The summed E-state index contributed by atoms with van der Waals surface area (Å²) in [5, 5.41) is 6.99. The van der Waals surface area contributed by atoms with E-state index in [-0.39, 0.29) is 0 Å². The summed E-state index contributed by atoms with van der Waals surface area (Å²) < 4.78 is 5.56. The van der Waals surface area contributed by atoms with Gasteiger partial charge in [-0.25, -0.2) is 0 Å². The highest BCUT2D eigenvalue weighted by molar-refractivity contribution is 7.80. The summed E-state index contributed by atoms with van der Waals surface area (Å²) in [6, 6.07) is 9.77. The predicted octanol–water partition coefficient (Wildman–Crippen LogP) is 1.48. The van der Waals surface area contributed by atoms with Crippen LogP contribution in [0.3, 0.4) is 0 Å². The van der Waals surface area contributed by atoms with Crippen molar-refractivity contribution < 1.29 is 4.74 Å². The Morgan fingerprint density at radius 1 is 1.16 bits per heavy atom. The SMILES string of the molecule is CN(C)CCCNC(=S)NCCOc1ccccc1. The van der Waals surface area contributed by atoms with Crippen molar-refractivity contribution in [3.8, 4) is 5.75 Å². The highest BCUT2D eigenvalue weighted by atomic mass is 32.1. The molecule has 0 unspecified atom stereocenters. The topological polar surface area (TPSA) is 36.5 Å². The predicted molar refractivity (Wildman–Crippen MR) is 83.7 cm³/mol. The molecule has 0 bridgehead atoms. The molecule has 0 aliphatic heterocycles. The zero-order valence-corrected chi connectivity index (χ0v) is 12.5. The molecule has 0 saturated carbocycles. The van der Waals surface area contributed by atoms with Crippen LogP contribution in [-0.4, -0.2) is 50.3 Å². The Bertz CT molecular complexity index is 357. The summed E-state index contributed by atoms with van der Waals surface area (Å²) in [5.74, 6) is 0.883. The molecule has 0 heterocycles. The number of rotatable bonds is 8. The number of hydrogen-bond acceptors (Lipinski definition) is 3. The van der Waals surface area contributed by atoms with Gasteiger partial charge in [0.15, 0.2) is 5.11 Å². The Hall–Kier alpha value is -1.33. The van der Waals surface area contributed by atoms with Gasteiger partial charge in [-0.1, -0.05) is 18.2 Å². The van der Waals surface area contributed by atoms with Crippen LogP contribution in [0.4, 0.5) is 0 Å². The maximum absolute atomic E-state index is 5.56. The molecule has 4 nitrogen and oxygen atoms in total. The number of ether oxygens (including phenoxy) is 1. The first-order valence-electron chi connectivity index (χ1n) is 6.53. The van der Waals surface area contributed by atoms with Gasteiger partial charge in [-0.2, -0.15) is 0 Å². The van der Waals surface area contributed by atoms with Crippen LogP contribution < -0.4 is 15.4 Å². The quantitative estimate of drug-likeness (QED) is 0.558. The van der Waals surface area contributed by atoms with Gasteiger partial charge in [0, 0.05) is 6.54 Å². The molecule has 19 heavy (non-hydrogen) atoms. The second kappa shape index (κ2) is 9.58. The zero-order valence-electron chi connectivity index (χ0n) is 11.7. The summed E-state index contributed by atoms with van der Waals surface area (Å²) in [6.07, 6.45) is 1.08. The molecule has 0 fully saturated rings. The van der Waals surface area contributed by atoms with Crippen molar-refractivity contribution in [3.05, 3.63) is 30.3 Å². The van der Waals surface area contributed by atoms with Crippen LogP contribution in [-0.2, 0) is 0 Å². The van der Waals surface area contributed by atoms with Gasteiger partial charge in [-0.05, 0) is 51.4 Å². The Kier molecular flexibility index (Phi) is 7.93. The minimum absolute atomic E-state index is 0.601. The molecule has 0 saturated heterocycles. The summed E-state index contributed by atoms with van der Waals surface area (Å²) in [6.45, 7) is 3.26. The monoisotopic (exact) mass is 281 g/mol. The maximum atomic E-state index is 5.56. The van der Waals surface area contributed by atoms with Crippen molar-refractivity contribution in [2.75, 3.05) is 40.3 Å². The van der Waals surface area contributed by atoms with Crippen LogP contribution in [0.15, 0.2) is 30.3 Å². The number of nitrogens with one attached hydrogen (secondary N) is 2. The number of thiocarbonyl (C=S) groups is 1. The second-order valence-electron chi connectivity index (χ2n) is 4.50. The maximum Gasteiger partial charge on any atom is 0.166 e. The lowest BCUT2D eigenvalue weighted by molar-refractivity contribution is 0.322. The third-order valence-electron chi connectivity index (χ3n) is 2.47. The van der Waals surface area contributed by atoms with E-state index in [4.69, 9.17) is 17.0 Å². The van der Waals surface area contributed by atoms with Gasteiger partial charge in [-0.3, -0.25) is 0 Å². The summed E-state index contributed by atoms with van der Waals surface area (Å²) in [7, 11) is 4.13. The fraction of sp³-hybridized carbons (Fsp3) is 0.500. The molecule has 1 rings (SSSR count). The van der Waals surface area contributed by atoms with Crippen molar-refractivity contribution in [2.24, 2.45) is 0 Å². The van der Waals surface area contributed by atoms with E-state index in [1.54, 1.807) is 0 Å². The average Bonchev–Trinajstić information content (AvgIpc) is 2.41. The standard InChI is InChI=1S/C14H23N3OS/c1-17(2)11-6-9-15-14(19)16-10-12-18-13-7-4-3-5-8-13/h3-5,7-8H,6,9-12H2,1-2H3,(H2,15,16,19). The zero-order chi connectivity index (χ0) is 13.9. The summed E-state index contributed by atoms with van der Waals surface area (Å²) >= 11 is 5.17. The molecule has 0 spiro atoms. The molecule has 0 aliphatic rings. The third kappa shape index (κ3) is 8.40. The van der Waals surface area contributed by atoms with Crippen LogP contribution >= 0.6 is 12.2 Å². The van der Waals surface area contributed by atoms with Crippen LogP contribution in [0.25, 0.3) is 0 Å². The molecule has 0 radical (unpaired) electrons. The van der Waals surface area contributed by atoms with Crippen LogP contribution in [0.2, 0.25) is 0 Å². The lowest BCUT2D eigenvalue weighted by Crippen LogP contribution is -2.38. The summed E-state index contributed by atoms with van der Waals surface area (Å²) in [5.41, 5.74) is 0. The van der Waals surface area contributed by atoms with E-state index in [0.717, 1.165) is 25.3 Å². The smallest absolute Gasteiger partial charge is 0.166 e. The molecule has 5 heteroatoms. The molecule has 106 valence electrons. The van der Waals surface area contributed by atoms with Gasteiger partial charge >= 0.3 is 0 Å². The van der Waals surface area contributed by atoms with E-state index in [9.17, 15) is 0 Å². The highest BCUT2D eigenvalue weighted by Gasteiger charge is 1.96. The minimum atomic E-state index is 0.601. The van der Waals surface area contributed by atoms with Crippen LogP contribution in [0.1, 0.15) is 6.42 Å². The van der Waals surface area contributed by atoms with Gasteiger partial charge < -0.3 is 20.3 Å². The first kappa shape index (κ1) is 15.7. The van der Waals surface area contributed by atoms with Gasteiger partial charge in [-0.15, -0.1) is 0 Å². The average molecular weight is 281 g/mol. The summed E-state index contributed by atoms with van der Waals surface area (Å²) in [4.78, 5) is 2.16. The Morgan fingerprint density at radius 2 is 1.84 bits per heavy atom. The highest BCUT2D eigenvalue weighted by Crippen LogP contribution is 2.07. The molecule has 0 amide bonds. The normalized spacial score (nSPS) is 10.3. The largest absolute Gasteiger partial charge is 0.492 e. The van der Waals surface area contributed by atoms with E-state index < -0.39 is 0 Å². The van der Waals surface area contributed by atoms with Crippen molar-refractivity contribution in [1.29, 1.82) is 0 Å². The van der Waals surface area contributed by atoms with E-state index in [0.29, 0.717) is 18.3 Å². The van der Waals surface area contributed by atoms with Gasteiger partial charge in [0.25, 0.3) is 0 Å². The van der Waals surface area contributed by atoms with Crippen LogP contribution in [0.5, 0.6) is 5.75 Å². The molecule has 1 aromatic rings. The number of para-hydroxylation sites is 1. The molecule has 0 aliphatic carbocycles. The first-order chi connectivity index (χ1) is 9.18. The fourth-order valence-electron chi connectivity index (χ4n) is 1.51. The molecule has 2 N–H and O–H groups in total. The molecular weight excluding hydrogens is 258 g/mol. The molecule has 1 aromatic carbocycles. The first-order valence-corrected chi connectivity index (χ1v) is 6.93. The van der Waals surface area contributed by atoms with E-state index in [1.165, 1.54) is 0 Å². The lowest BCUT2D eigenvalue weighted by atomic mass is 10.3.